The molecular weight excluding hydrogens is 404 g/mol. The van der Waals surface area contributed by atoms with Crippen LogP contribution in [0.1, 0.15) is 65.3 Å². The second kappa shape index (κ2) is 11.4. The number of carbonyl (C=O) groups excluding carboxylic acids is 3. The Bertz CT molecular complexity index is 937. The normalized spacial score (nSPS) is 14.1. The lowest BCUT2D eigenvalue weighted by atomic mass is 9.95. The molecule has 1 aromatic carbocycles. The number of benzene rings is 1. The zero-order valence-corrected chi connectivity index (χ0v) is 18.9. The van der Waals surface area contributed by atoms with E-state index in [1.807, 2.05) is 19.1 Å². The molecule has 3 amide bonds. The van der Waals surface area contributed by atoms with Crippen LogP contribution in [0.15, 0.2) is 42.7 Å². The molecule has 32 heavy (non-hydrogen) atoms. The van der Waals surface area contributed by atoms with Crippen molar-refractivity contribution in [2.24, 2.45) is 5.92 Å². The number of para-hydroxylation sites is 1. The summed E-state index contributed by atoms with van der Waals surface area (Å²) in [6.07, 6.45) is 7.66. The maximum atomic E-state index is 13.3. The minimum Gasteiger partial charge on any atom is -0.356 e. The summed E-state index contributed by atoms with van der Waals surface area (Å²) in [5.41, 5.74) is 2.29. The van der Waals surface area contributed by atoms with Gasteiger partial charge < -0.3 is 15.5 Å². The van der Waals surface area contributed by atoms with Crippen molar-refractivity contribution in [1.29, 1.82) is 0 Å². The standard InChI is InChI=1S/C25H32N4O3/c1-3-4-5-13-27-23(30)20-11-16-29(17-12-20)25(32)21-8-6-7-18(2)22(21)28-24(31)19-9-14-26-15-10-19/h6-10,14-15,20H,3-5,11-13,16-17H2,1-2H3,(H,27,30)(H,28,31). The summed E-state index contributed by atoms with van der Waals surface area (Å²) in [7, 11) is 0. The van der Waals surface area contributed by atoms with Crippen molar-refractivity contribution in [2.75, 3.05) is 25.0 Å². The first kappa shape index (κ1) is 23.4. The lowest BCUT2D eigenvalue weighted by molar-refractivity contribution is -0.126. The second-order valence-electron chi connectivity index (χ2n) is 8.25. The van der Waals surface area contributed by atoms with Gasteiger partial charge in [0.2, 0.25) is 5.91 Å². The molecule has 7 heteroatoms. The fraction of sp³-hybridized carbons (Fsp3) is 0.440. The Morgan fingerprint density at radius 2 is 1.78 bits per heavy atom. The van der Waals surface area contributed by atoms with Crippen LogP contribution in [0.2, 0.25) is 0 Å². The Kier molecular flexibility index (Phi) is 8.36. The first-order valence-electron chi connectivity index (χ1n) is 11.4. The van der Waals surface area contributed by atoms with E-state index in [0.717, 1.165) is 31.4 Å². The zero-order valence-electron chi connectivity index (χ0n) is 18.9. The number of unbranched alkanes of at least 4 members (excludes halogenated alkanes) is 2. The highest BCUT2D eigenvalue weighted by atomic mass is 16.2. The van der Waals surface area contributed by atoms with Crippen LogP contribution in [0.5, 0.6) is 0 Å². The maximum Gasteiger partial charge on any atom is 0.255 e. The minimum absolute atomic E-state index is 0.0518. The average molecular weight is 437 g/mol. The van der Waals surface area contributed by atoms with Crippen molar-refractivity contribution >= 4 is 23.4 Å². The smallest absolute Gasteiger partial charge is 0.255 e. The molecule has 0 atom stereocenters. The molecule has 3 rings (SSSR count). The number of carbonyl (C=O) groups is 3. The van der Waals surface area contributed by atoms with Gasteiger partial charge in [0.1, 0.15) is 0 Å². The van der Waals surface area contributed by atoms with Crippen LogP contribution in [0.3, 0.4) is 0 Å². The van der Waals surface area contributed by atoms with Gasteiger partial charge in [-0.1, -0.05) is 31.9 Å². The summed E-state index contributed by atoms with van der Waals surface area (Å²) < 4.78 is 0. The lowest BCUT2D eigenvalue weighted by Crippen LogP contribution is -2.43. The summed E-state index contributed by atoms with van der Waals surface area (Å²) in [5, 5.41) is 5.92. The largest absolute Gasteiger partial charge is 0.356 e. The SMILES string of the molecule is CCCCCNC(=O)C1CCN(C(=O)c2cccc(C)c2NC(=O)c2ccncc2)CC1. The van der Waals surface area contributed by atoms with Crippen molar-refractivity contribution in [3.05, 3.63) is 59.4 Å². The number of amides is 3. The third-order valence-corrected chi connectivity index (χ3v) is 5.92. The van der Waals surface area contributed by atoms with Gasteiger partial charge in [0.25, 0.3) is 11.8 Å². The highest BCUT2D eigenvalue weighted by Crippen LogP contribution is 2.26. The van der Waals surface area contributed by atoms with Crippen molar-refractivity contribution in [1.82, 2.24) is 15.2 Å². The van der Waals surface area contributed by atoms with Gasteiger partial charge in [0.05, 0.1) is 11.3 Å². The third kappa shape index (κ3) is 5.93. The molecule has 1 aliphatic heterocycles. The lowest BCUT2D eigenvalue weighted by Gasteiger charge is -2.32. The highest BCUT2D eigenvalue weighted by molar-refractivity contribution is 6.09. The van der Waals surface area contributed by atoms with Crippen molar-refractivity contribution < 1.29 is 14.4 Å². The Morgan fingerprint density at radius 3 is 2.47 bits per heavy atom. The number of anilines is 1. The van der Waals surface area contributed by atoms with E-state index in [2.05, 4.69) is 22.5 Å². The zero-order chi connectivity index (χ0) is 22.9. The van der Waals surface area contributed by atoms with Crippen molar-refractivity contribution in [3.63, 3.8) is 0 Å². The predicted octanol–water partition coefficient (Wildman–Crippen LogP) is 3.80. The quantitative estimate of drug-likeness (QED) is 0.616. The van der Waals surface area contributed by atoms with Crippen LogP contribution in [0, 0.1) is 12.8 Å². The number of pyridine rings is 1. The van der Waals surface area contributed by atoms with E-state index in [4.69, 9.17) is 0 Å². The van der Waals surface area contributed by atoms with Gasteiger partial charge in [-0.2, -0.15) is 0 Å². The molecule has 1 fully saturated rings. The average Bonchev–Trinajstić information content (AvgIpc) is 2.83. The van der Waals surface area contributed by atoms with Crippen LogP contribution < -0.4 is 10.6 Å². The molecule has 7 nitrogen and oxygen atoms in total. The van der Waals surface area contributed by atoms with E-state index in [9.17, 15) is 14.4 Å². The molecular formula is C25H32N4O3. The monoisotopic (exact) mass is 436 g/mol. The first-order chi connectivity index (χ1) is 15.5. The van der Waals surface area contributed by atoms with E-state index >= 15 is 0 Å². The fourth-order valence-electron chi connectivity index (χ4n) is 3.95. The van der Waals surface area contributed by atoms with Gasteiger partial charge in [0, 0.05) is 43.5 Å². The molecule has 0 aliphatic carbocycles. The Balaban J connectivity index is 1.63. The van der Waals surface area contributed by atoms with Crippen LogP contribution in [0.25, 0.3) is 0 Å². The Morgan fingerprint density at radius 1 is 1.06 bits per heavy atom. The molecule has 0 radical (unpaired) electrons. The summed E-state index contributed by atoms with van der Waals surface area (Å²) >= 11 is 0. The van der Waals surface area contributed by atoms with E-state index in [-0.39, 0.29) is 23.6 Å². The molecule has 170 valence electrons. The van der Waals surface area contributed by atoms with Crippen molar-refractivity contribution in [3.8, 4) is 0 Å². The van der Waals surface area contributed by atoms with Crippen LogP contribution in [-0.2, 0) is 4.79 Å². The van der Waals surface area contributed by atoms with Gasteiger partial charge in [-0.15, -0.1) is 0 Å². The topological polar surface area (TPSA) is 91.4 Å². The van der Waals surface area contributed by atoms with Gasteiger partial charge in [-0.05, 0) is 49.9 Å². The van der Waals surface area contributed by atoms with Crippen molar-refractivity contribution in [2.45, 2.75) is 46.0 Å². The minimum atomic E-state index is -0.283. The summed E-state index contributed by atoms with van der Waals surface area (Å²) in [6.45, 7) is 5.78. The number of piperidine rings is 1. The van der Waals surface area contributed by atoms with E-state index < -0.39 is 0 Å². The second-order valence-corrected chi connectivity index (χ2v) is 8.25. The molecule has 0 bridgehead atoms. The van der Waals surface area contributed by atoms with E-state index in [1.54, 1.807) is 35.5 Å². The predicted molar refractivity (Wildman–Crippen MR) is 125 cm³/mol. The molecule has 2 heterocycles. The molecule has 1 saturated heterocycles. The molecule has 2 aromatic rings. The summed E-state index contributed by atoms with van der Waals surface area (Å²) in [5.74, 6) is -0.368. The van der Waals surface area contributed by atoms with Gasteiger partial charge in [-0.25, -0.2) is 0 Å². The van der Waals surface area contributed by atoms with E-state index in [0.29, 0.717) is 42.7 Å². The number of rotatable bonds is 8. The van der Waals surface area contributed by atoms with E-state index in [1.165, 1.54) is 0 Å². The van der Waals surface area contributed by atoms with Crippen LogP contribution in [0.4, 0.5) is 5.69 Å². The fourth-order valence-corrected chi connectivity index (χ4v) is 3.95. The molecule has 1 aliphatic rings. The van der Waals surface area contributed by atoms with Gasteiger partial charge in [0.15, 0.2) is 0 Å². The number of hydrogen-bond acceptors (Lipinski definition) is 4. The van der Waals surface area contributed by atoms with Crippen LogP contribution >= 0.6 is 0 Å². The number of aryl methyl sites for hydroxylation is 1. The highest BCUT2D eigenvalue weighted by Gasteiger charge is 2.29. The molecule has 0 spiro atoms. The number of likely N-dealkylation sites (tertiary alicyclic amines) is 1. The van der Waals surface area contributed by atoms with Gasteiger partial charge in [-0.3, -0.25) is 19.4 Å². The summed E-state index contributed by atoms with van der Waals surface area (Å²) in [6, 6.07) is 8.69. The summed E-state index contributed by atoms with van der Waals surface area (Å²) in [4.78, 5) is 44.0. The third-order valence-electron chi connectivity index (χ3n) is 5.92. The number of aromatic nitrogens is 1. The molecule has 0 unspecified atom stereocenters. The first-order valence-corrected chi connectivity index (χ1v) is 11.4. The molecule has 0 saturated carbocycles. The van der Waals surface area contributed by atoms with Gasteiger partial charge >= 0.3 is 0 Å². The van der Waals surface area contributed by atoms with Crippen LogP contribution in [-0.4, -0.2) is 47.2 Å². The number of nitrogens with zero attached hydrogens (tertiary/aromatic N) is 2. The Labute approximate surface area is 189 Å². The Hall–Kier alpha value is -3.22. The molecule has 1 aromatic heterocycles. The number of hydrogen-bond donors (Lipinski definition) is 2. The number of nitrogens with one attached hydrogen (secondary N) is 2. The maximum absolute atomic E-state index is 13.3. The molecule has 2 N–H and O–H groups in total.